The van der Waals surface area contributed by atoms with Crippen molar-refractivity contribution in [3.63, 3.8) is 0 Å². The molecule has 0 aliphatic heterocycles. The Kier molecular flexibility index (Phi) is 6.56. The maximum Gasteiger partial charge on any atom is 0.119 e. The molecule has 0 radical (unpaired) electrons. The Morgan fingerprint density at radius 3 is 2.41 bits per heavy atom. The molecule has 0 saturated carbocycles. The molecule has 0 fully saturated rings. The van der Waals surface area contributed by atoms with E-state index in [-0.39, 0.29) is 5.76 Å². The second kappa shape index (κ2) is 8.02. The van der Waals surface area contributed by atoms with E-state index < -0.39 is 0 Å². The van der Waals surface area contributed by atoms with Crippen LogP contribution in [0.15, 0.2) is 36.6 Å². The van der Waals surface area contributed by atoms with Crippen LogP contribution in [0.1, 0.15) is 32.1 Å². The maximum atomic E-state index is 8.90. The monoisotopic (exact) mass is 254 g/mol. The van der Waals surface area contributed by atoms with Crippen molar-refractivity contribution in [1.29, 1.82) is 0 Å². The Hall–Kier alpha value is -1.15. The lowest BCUT2D eigenvalue weighted by molar-refractivity contribution is 0.303. The van der Waals surface area contributed by atoms with Gasteiger partial charge in [0.15, 0.2) is 0 Å². The Balaban J connectivity index is 2.01. The highest BCUT2D eigenvalue weighted by atomic mass is 35.5. The summed E-state index contributed by atoms with van der Waals surface area (Å²) < 4.78 is 5.56. The zero-order valence-electron chi connectivity index (χ0n) is 9.99. The highest BCUT2D eigenvalue weighted by molar-refractivity contribution is 6.30. The van der Waals surface area contributed by atoms with Gasteiger partial charge in [-0.3, -0.25) is 0 Å². The normalized spacial score (nSPS) is 10.2. The van der Waals surface area contributed by atoms with Crippen LogP contribution in [0.25, 0.3) is 0 Å². The Morgan fingerprint density at radius 1 is 1.12 bits per heavy atom. The van der Waals surface area contributed by atoms with Crippen molar-refractivity contribution in [3.8, 4) is 5.75 Å². The summed E-state index contributed by atoms with van der Waals surface area (Å²) in [5, 5.41) is 9.62. The average molecular weight is 255 g/mol. The van der Waals surface area contributed by atoms with E-state index in [0.29, 0.717) is 6.42 Å². The van der Waals surface area contributed by atoms with Crippen LogP contribution in [-0.4, -0.2) is 11.7 Å². The van der Waals surface area contributed by atoms with Crippen molar-refractivity contribution < 1.29 is 9.84 Å². The van der Waals surface area contributed by atoms with Crippen LogP contribution >= 0.6 is 11.6 Å². The molecule has 3 heteroatoms. The van der Waals surface area contributed by atoms with E-state index in [4.69, 9.17) is 21.4 Å². The third-order valence-corrected chi connectivity index (χ3v) is 2.69. The molecule has 0 saturated heterocycles. The molecule has 0 amide bonds. The van der Waals surface area contributed by atoms with Crippen LogP contribution in [-0.2, 0) is 0 Å². The molecule has 2 nitrogen and oxygen atoms in total. The zero-order chi connectivity index (χ0) is 12.5. The fraction of sp³-hybridized carbons (Fsp3) is 0.429. The number of rotatable bonds is 8. The average Bonchev–Trinajstić information content (AvgIpc) is 2.30. The van der Waals surface area contributed by atoms with Gasteiger partial charge in [-0.15, -0.1) is 0 Å². The van der Waals surface area contributed by atoms with Gasteiger partial charge in [0.2, 0.25) is 0 Å². The molecule has 0 aromatic heterocycles. The molecule has 1 N–H and O–H groups in total. The fourth-order valence-corrected chi connectivity index (χ4v) is 1.63. The summed E-state index contributed by atoms with van der Waals surface area (Å²) in [4.78, 5) is 0. The van der Waals surface area contributed by atoms with E-state index in [1.165, 1.54) is 0 Å². The second-order valence-corrected chi connectivity index (χ2v) is 4.47. The zero-order valence-corrected chi connectivity index (χ0v) is 10.7. The number of hydrogen-bond donors (Lipinski definition) is 1. The van der Waals surface area contributed by atoms with Crippen LogP contribution < -0.4 is 4.74 Å². The standard InChI is InChI=1S/C14H19ClO2/c1-12(16)6-4-2-3-5-11-17-14-9-7-13(15)8-10-14/h7-10,16H,1-6,11H2. The maximum absolute atomic E-state index is 8.90. The molecule has 0 atom stereocenters. The SMILES string of the molecule is C=C(O)CCCCCCOc1ccc(Cl)cc1. The quantitative estimate of drug-likeness (QED) is 0.536. The largest absolute Gasteiger partial charge is 0.513 e. The van der Waals surface area contributed by atoms with Gasteiger partial charge in [-0.2, -0.15) is 0 Å². The number of aliphatic hydroxyl groups is 1. The number of hydrogen-bond acceptors (Lipinski definition) is 2. The molecule has 0 unspecified atom stereocenters. The molecule has 0 bridgehead atoms. The van der Waals surface area contributed by atoms with Crippen molar-refractivity contribution in [2.45, 2.75) is 32.1 Å². The summed E-state index contributed by atoms with van der Waals surface area (Å²) in [5.41, 5.74) is 0. The van der Waals surface area contributed by atoms with Gasteiger partial charge in [0.05, 0.1) is 12.4 Å². The number of halogens is 1. The Bertz CT molecular complexity index is 333. The van der Waals surface area contributed by atoms with E-state index in [0.717, 1.165) is 43.1 Å². The fourth-order valence-electron chi connectivity index (χ4n) is 1.51. The van der Waals surface area contributed by atoms with Gasteiger partial charge >= 0.3 is 0 Å². The number of aliphatic hydroxyl groups excluding tert-OH is 1. The van der Waals surface area contributed by atoms with E-state index >= 15 is 0 Å². The molecule has 94 valence electrons. The first-order valence-electron chi connectivity index (χ1n) is 5.93. The van der Waals surface area contributed by atoms with Gasteiger partial charge in [0, 0.05) is 11.4 Å². The molecule has 0 heterocycles. The van der Waals surface area contributed by atoms with Gasteiger partial charge in [-0.1, -0.05) is 31.0 Å². The first kappa shape index (κ1) is 13.9. The first-order chi connectivity index (χ1) is 8.18. The van der Waals surface area contributed by atoms with Crippen LogP contribution in [0.2, 0.25) is 5.02 Å². The molecular weight excluding hydrogens is 236 g/mol. The van der Waals surface area contributed by atoms with Crippen molar-refractivity contribution >= 4 is 11.6 Å². The minimum Gasteiger partial charge on any atom is -0.513 e. The smallest absolute Gasteiger partial charge is 0.119 e. The molecular formula is C14H19ClO2. The van der Waals surface area contributed by atoms with Crippen molar-refractivity contribution in [1.82, 2.24) is 0 Å². The van der Waals surface area contributed by atoms with Crippen LogP contribution in [0.4, 0.5) is 0 Å². The van der Waals surface area contributed by atoms with E-state index in [2.05, 4.69) is 6.58 Å². The molecule has 1 aromatic rings. The third kappa shape index (κ3) is 6.90. The van der Waals surface area contributed by atoms with E-state index in [9.17, 15) is 0 Å². The molecule has 17 heavy (non-hydrogen) atoms. The first-order valence-corrected chi connectivity index (χ1v) is 6.31. The number of allylic oxidation sites excluding steroid dienone is 1. The summed E-state index contributed by atoms with van der Waals surface area (Å²) in [6, 6.07) is 7.39. The highest BCUT2D eigenvalue weighted by Crippen LogP contribution is 2.16. The lowest BCUT2D eigenvalue weighted by atomic mass is 10.1. The number of ether oxygens (including phenoxy) is 1. The van der Waals surface area contributed by atoms with Gasteiger partial charge in [-0.25, -0.2) is 0 Å². The number of unbranched alkanes of at least 4 members (excludes halogenated alkanes) is 3. The summed E-state index contributed by atoms with van der Waals surface area (Å²) in [7, 11) is 0. The summed E-state index contributed by atoms with van der Waals surface area (Å²) >= 11 is 5.77. The second-order valence-electron chi connectivity index (χ2n) is 4.03. The summed E-state index contributed by atoms with van der Waals surface area (Å²) in [6.45, 7) is 4.18. The van der Waals surface area contributed by atoms with Crippen molar-refractivity contribution in [2.24, 2.45) is 0 Å². The third-order valence-electron chi connectivity index (χ3n) is 2.44. The molecule has 1 rings (SSSR count). The van der Waals surface area contributed by atoms with Crippen molar-refractivity contribution in [2.75, 3.05) is 6.61 Å². The predicted molar refractivity (Wildman–Crippen MR) is 71.8 cm³/mol. The molecule has 0 aliphatic rings. The molecule has 0 spiro atoms. The lowest BCUT2D eigenvalue weighted by Crippen LogP contribution is -1.97. The van der Waals surface area contributed by atoms with Gasteiger partial charge < -0.3 is 9.84 Å². The van der Waals surface area contributed by atoms with Gasteiger partial charge in [0.25, 0.3) is 0 Å². The number of benzene rings is 1. The lowest BCUT2D eigenvalue weighted by Gasteiger charge is -2.05. The molecule has 1 aromatic carbocycles. The Labute approximate surface area is 108 Å². The van der Waals surface area contributed by atoms with Crippen molar-refractivity contribution in [3.05, 3.63) is 41.6 Å². The van der Waals surface area contributed by atoms with Crippen LogP contribution in [0.5, 0.6) is 5.75 Å². The van der Waals surface area contributed by atoms with Crippen LogP contribution in [0, 0.1) is 0 Å². The van der Waals surface area contributed by atoms with E-state index in [1.54, 1.807) is 0 Å². The highest BCUT2D eigenvalue weighted by Gasteiger charge is 1.95. The van der Waals surface area contributed by atoms with E-state index in [1.807, 2.05) is 24.3 Å². The summed E-state index contributed by atoms with van der Waals surface area (Å²) in [5.74, 6) is 1.14. The van der Waals surface area contributed by atoms with Crippen LogP contribution in [0.3, 0.4) is 0 Å². The Morgan fingerprint density at radius 2 is 1.76 bits per heavy atom. The molecule has 0 aliphatic carbocycles. The predicted octanol–water partition coefficient (Wildman–Crippen LogP) is 4.74. The topological polar surface area (TPSA) is 29.5 Å². The summed E-state index contributed by atoms with van der Waals surface area (Å²) in [6.07, 6.45) is 4.94. The van der Waals surface area contributed by atoms with Gasteiger partial charge in [0.1, 0.15) is 5.75 Å². The minimum absolute atomic E-state index is 0.280. The van der Waals surface area contributed by atoms with Gasteiger partial charge in [-0.05, 0) is 37.1 Å². The minimum atomic E-state index is 0.280.